The molecule has 1 heterocycles. The van der Waals surface area contributed by atoms with Gasteiger partial charge in [0.1, 0.15) is 0 Å². The fraction of sp³-hybridized carbons (Fsp3) is 0.500. The zero-order valence-electron chi connectivity index (χ0n) is 10.4. The van der Waals surface area contributed by atoms with Crippen molar-refractivity contribution in [1.29, 1.82) is 5.26 Å². The standard InChI is InChI=1S/C14H18BrN3/c15-13-9-12(10-17)1-2-14(13)18-7-4-11(3-6-16)5-8-18/h1-2,9,11H,3-8,16H2. The summed E-state index contributed by atoms with van der Waals surface area (Å²) < 4.78 is 1.01. The molecule has 3 nitrogen and oxygen atoms in total. The predicted molar refractivity (Wildman–Crippen MR) is 77.5 cm³/mol. The SMILES string of the molecule is N#Cc1ccc(N2CCC(CCN)CC2)c(Br)c1. The molecule has 0 spiro atoms. The third-order valence-electron chi connectivity index (χ3n) is 3.61. The maximum absolute atomic E-state index is 8.86. The van der Waals surface area contributed by atoms with Crippen LogP contribution in [0.2, 0.25) is 0 Å². The highest BCUT2D eigenvalue weighted by Crippen LogP contribution is 2.31. The van der Waals surface area contributed by atoms with E-state index in [1.165, 1.54) is 18.5 Å². The van der Waals surface area contributed by atoms with Crippen molar-refractivity contribution >= 4 is 21.6 Å². The summed E-state index contributed by atoms with van der Waals surface area (Å²) in [5, 5.41) is 8.86. The van der Waals surface area contributed by atoms with Gasteiger partial charge in [0.05, 0.1) is 17.3 Å². The Morgan fingerprint density at radius 3 is 2.67 bits per heavy atom. The monoisotopic (exact) mass is 307 g/mol. The van der Waals surface area contributed by atoms with Crippen LogP contribution in [0.1, 0.15) is 24.8 Å². The van der Waals surface area contributed by atoms with Gasteiger partial charge >= 0.3 is 0 Å². The Balaban J connectivity index is 2.04. The molecule has 1 aliphatic rings. The molecule has 2 N–H and O–H groups in total. The average Bonchev–Trinajstić information content (AvgIpc) is 2.40. The average molecular weight is 308 g/mol. The number of nitrogens with two attached hydrogens (primary N) is 1. The number of hydrogen-bond acceptors (Lipinski definition) is 3. The summed E-state index contributed by atoms with van der Waals surface area (Å²) in [6.07, 6.45) is 3.57. The largest absolute Gasteiger partial charge is 0.371 e. The van der Waals surface area contributed by atoms with Gasteiger partial charge in [0, 0.05) is 17.6 Å². The van der Waals surface area contributed by atoms with Gasteiger partial charge in [-0.15, -0.1) is 0 Å². The van der Waals surface area contributed by atoms with Crippen molar-refractivity contribution in [3.8, 4) is 6.07 Å². The van der Waals surface area contributed by atoms with E-state index in [9.17, 15) is 0 Å². The molecule has 18 heavy (non-hydrogen) atoms. The van der Waals surface area contributed by atoms with Crippen LogP contribution in [0.15, 0.2) is 22.7 Å². The van der Waals surface area contributed by atoms with E-state index in [1.54, 1.807) is 0 Å². The summed E-state index contributed by atoms with van der Waals surface area (Å²) in [7, 11) is 0. The number of nitrogens with zero attached hydrogens (tertiary/aromatic N) is 2. The molecule has 0 amide bonds. The van der Waals surface area contributed by atoms with Crippen LogP contribution in [0.25, 0.3) is 0 Å². The van der Waals surface area contributed by atoms with Gasteiger partial charge in [0.15, 0.2) is 0 Å². The van der Waals surface area contributed by atoms with Gasteiger partial charge in [0.2, 0.25) is 0 Å². The molecule has 1 fully saturated rings. The molecule has 0 aliphatic carbocycles. The van der Waals surface area contributed by atoms with Crippen LogP contribution >= 0.6 is 15.9 Å². The Bertz CT molecular complexity index is 445. The molecule has 1 saturated heterocycles. The van der Waals surface area contributed by atoms with E-state index in [0.29, 0.717) is 5.56 Å². The molecule has 0 bridgehead atoms. The van der Waals surface area contributed by atoms with Crippen LogP contribution in [-0.4, -0.2) is 19.6 Å². The van der Waals surface area contributed by atoms with E-state index in [1.807, 2.05) is 18.2 Å². The molecular weight excluding hydrogens is 290 g/mol. The molecule has 1 aromatic carbocycles. The van der Waals surface area contributed by atoms with Crippen LogP contribution in [0.3, 0.4) is 0 Å². The van der Waals surface area contributed by atoms with Gasteiger partial charge in [-0.05, 0) is 65.9 Å². The summed E-state index contributed by atoms with van der Waals surface area (Å²) in [5.41, 5.74) is 7.50. The smallest absolute Gasteiger partial charge is 0.0992 e. The Labute approximate surface area is 117 Å². The lowest BCUT2D eigenvalue weighted by atomic mass is 9.93. The zero-order chi connectivity index (χ0) is 13.0. The molecule has 0 aromatic heterocycles. The number of piperidine rings is 1. The summed E-state index contributed by atoms with van der Waals surface area (Å²) >= 11 is 3.56. The summed E-state index contributed by atoms with van der Waals surface area (Å²) in [4.78, 5) is 2.39. The maximum Gasteiger partial charge on any atom is 0.0992 e. The van der Waals surface area contributed by atoms with Gasteiger partial charge in [-0.2, -0.15) is 5.26 Å². The van der Waals surface area contributed by atoms with E-state index in [0.717, 1.165) is 36.4 Å². The summed E-state index contributed by atoms with van der Waals surface area (Å²) in [6.45, 7) is 2.95. The third-order valence-corrected chi connectivity index (χ3v) is 4.24. The molecule has 1 aromatic rings. The molecule has 0 radical (unpaired) electrons. The van der Waals surface area contributed by atoms with Crippen LogP contribution in [0, 0.1) is 17.2 Å². The lowest BCUT2D eigenvalue weighted by Gasteiger charge is -2.34. The second-order valence-electron chi connectivity index (χ2n) is 4.79. The van der Waals surface area contributed by atoms with Crippen molar-refractivity contribution in [2.75, 3.05) is 24.5 Å². The van der Waals surface area contributed by atoms with Crippen LogP contribution < -0.4 is 10.6 Å². The zero-order valence-corrected chi connectivity index (χ0v) is 12.0. The minimum absolute atomic E-state index is 0.698. The fourth-order valence-electron chi connectivity index (χ4n) is 2.53. The van der Waals surface area contributed by atoms with Crippen molar-refractivity contribution in [2.24, 2.45) is 11.7 Å². The Morgan fingerprint density at radius 2 is 2.11 bits per heavy atom. The Hall–Kier alpha value is -1.05. The van der Waals surface area contributed by atoms with E-state index in [4.69, 9.17) is 11.0 Å². The molecule has 0 atom stereocenters. The first-order chi connectivity index (χ1) is 8.74. The van der Waals surface area contributed by atoms with E-state index in [2.05, 4.69) is 26.9 Å². The summed E-state index contributed by atoms with van der Waals surface area (Å²) in [5.74, 6) is 0.781. The maximum atomic E-state index is 8.86. The van der Waals surface area contributed by atoms with Crippen LogP contribution in [0.4, 0.5) is 5.69 Å². The fourth-order valence-corrected chi connectivity index (χ4v) is 3.16. The normalized spacial score (nSPS) is 16.6. The first kappa shape index (κ1) is 13.4. The second kappa shape index (κ2) is 6.21. The Kier molecular flexibility index (Phi) is 4.62. The highest BCUT2D eigenvalue weighted by molar-refractivity contribution is 9.10. The number of hydrogen-bond donors (Lipinski definition) is 1. The highest BCUT2D eigenvalue weighted by Gasteiger charge is 2.20. The molecule has 1 aliphatic heterocycles. The Morgan fingerprint density at radius 1 is 1.39 bits per heavy atom. The molecule has 0 unspecified atom stereocenters. The molecular formula is C14H18BrN3. The van der Waals surface area contributed by atoms with Gasteiger partial charge in [-0.25, -0.2) is 0 Å². The van der Waals surface area contributed by atoms with Gasteiger partial charge in [0.25, 0.3) is 0 Å². The molecule has 4 heteroatoms. The molecule has 96 valence electrons. The first-order valence-corrected chi connectivity index (χ1v) is 7.18. The van der Waals surface area contributed by atoms with Crippen molar-refractivity contribution in [2.45, 2.75) is 19.3 Å². The van der Waals surface area contributed by atoms with Crippen molar-refractivity contribution in [1.82, 2.24) is 0 Å². The minimum Gasteiger partial charge on any atom is -0.371 e. The first-order valence-electron chi connectivity index (χ1n) is 6.39. The van der Waals surface area contributed by atoms with Gasteiger partial charge < -0.3 is 10.6 Å². The van der Waals surface area contributed by atoms with Crippen molar-refractivity contribution in [3.05, 3.63) is 28.2 Å². The lowest BCUT2D eigenvalue weighted by molar-refractivity contribution is 0.386. The number of nitriles is 1. The number of halogens is 1. The predicted octanol–water partition coefficient (Wildman–Crippen LogP) is 2.89. The number of anilines is 1. The molecule has 2 rings (SSSR count). The van der Waals surface area contributed by atoms with E-state index < -0.39 is 0 Å². The number of benzene rings is 1. The van der Waals surface area contributed by atoms with Crippen molar-refractivity contribution < 1.29 is 0 Å². The third kappa shape index (κ3) is 3.04. The van der Waals surface area contributed by atoms with E-state index in [-0.39, 0.29) is 0 Å². The topological polar surface area (TPSA) is 53.0 Å². The van der Waals surface area contributed by atoms with Crippen molar-refractivity contribution in [3.63, 3.8) is 0 Å². The highest BCUT2D eigenvalue weighted by atomic mass is 79.9. The minimum atomic E-state index is 0.698. The molecule has 0 saturated carbocycles. The number of rotatable bonds is 3. The van der Waals surface area contributed by atoms with Gasteiger partial charge in [-0.1, -0.05) is 0 Å². The lowest BCUT2D eigenvalue weighted by Crippen LogP contribution is -2.34. The van der Waals surface area contributed by atoms with E-state index >= 15 is 0 Å². The van der Waals surface area contributed by atoms with Crippen LogP contribution in [-0.2, 0) is 0 Å². The second-order valence-corrected chi connectivity index (χ2v) is 5.64. The van der Waals surface area contributed by atoms with Crippen LogP contribution in [0.5, 0.6) is 0 Å². The quantitative estimate of drug-likeness (QED) is 0.934. The van der Waals surface area contributed by atoms with Gasteiger partial charge in [-0.3, -0.25) is 0 Å². The summed E-state index contributed by atoms with van der Waals surface area (Å²) in [6, 6.07) is 7.96.